The van der Waals surface area contributed by atoms with Gasteiger partial charge in [0.2, 0.25) is 5.95 Å². The van der Waals surface area contributed by atoms with Gasteiger partial charge in [-0.05, 0) is 31.0 Å². The van der Waals surface area contributed by atoms with Gasteiger partial charge in [-0.25, -0.2) is 14.4 Å². The zero-order valence-corrected chi connectivity index (χ0v) is 16.7. The highest BCUT2D eigenvalue weighted by atomic mass is 35.5. The first-order valence-electron chi connectivity index (χ1n) is 9.22. The predicted molar refractivity (Wildman–Crippen MR) is 107 cm³/mol. The summed E-state index contributed by atoms with van der Waals surface area (Å²) in [5.74, 6) is -0.0700. The van der Waals surface area contributed by atoms with Crippen molar-refractivity contribution in [1.82, 2.24) is 9.97 Å². The van der Waals surface area contributed by atoms with E-state index in [1.165, 1.54) is 12.3 Å². The summed E-state index contributed by atoms with van der Waals surface area (Å²) in [5, 5.41) is 13.5. The fraction of sp³-hybridized carbons (Fsp3) is 0.450. The van der Waals surface area contributed by atoms with E-state index in [2.05, 4.69) is 20.3 Å². The average molecular weight is 405 g/mol. The predicted octanol–water partition coefficient (Wildman–Crippen LogP) is 3.88. The van der Waals surface area contributed by atoms with Crippen LogP contribution < -0.4 is 5.32 Å². The van der Waals surface area contributed by atoms with E-state index in [-0.39, 0.29) is 18.1 Å². The van der Waals surface area contributed by atoms with Crippen LogP contribution in [0.2, 0.25) is 5.02 Å². The van der Waals surface area contributed by atoms with E-state index in [1.807, 2.05) is 26.8 Å². The number of hydrogen-bond donors (Lipinski definition) is 2. The summed E-state index contributed by atoms with van der Waals surface area (Å²) < 4.78 is 20.0. The zero-order chi connectivity index (χ0) is 20.1. The number of fused-ring (bicyclic) bond motifs is 1. The van der Waals surface area contributed by atoms with Crippen molar-refractivity contribution in [2.24, 2.45) is 4.99 Å². The second kappa shape index (κ2) is 7.06. The number of anilines is 1. The lowest BCUT2D eigenvalue weighted by Crippen LogP contribution is -2.42. The number of aromatic nitrogens is 2. The van der Waals surface area contributed by atoms with Crippen molar-refractivity contribution in [2.75, 3.05) is 18.5 Å². The van der Waals surface area contributed by atoms with E-state index in [9.17, 15) is 9.50 Å². The van der Waals surface area contributed by atoms with E-state index in [1.54, 1.807) is 0 Å². The molecule has 1 aromatic carbocycles. The highest BCUT2D eigenvalue weighted by molar-refractivity contribution is 6.32. The Morgan fingerprint density at radius 3 is 2.89 bits per heavy atom. The zero-order valence-electron chi connectivity index (χ0n) is 16.0. The second-order valence-electron chi connectivity index (χ2n) is 7.75. The monoisotopic (exact) mass is 404 g/mol. The van der Waals surface area contributed by atoms with Crippen LogP contribution in [0.25, 0.3) is 11.3 Å². The van der Waals surface area contributed by atoms with Crippen LogP contribution in [0.4, 0.5) is 16.0 Å². The number of aliphatic hydroxyl groups is 1. The fourth-order valence-corrected chi connectivity index (χ4v) is 3.72. The summed E-state index contributed by atoms with van der Waals surface area (Å²) in [4.78, 5) is 13.1. The van der Waals surface area contributed by atoms with Crippen LogP contribution in [0.15, 0.2) is 23.3 Å². The Morgan fingerprint density at radius 1 is 1.36 bits per heavy atom. The number of ether oxygens (including phenoxy) is 1. The number of hydrogen-bond acceptors (Lipinski definition) is 6. The van der Waals surface area contributed by atoms with Gasteiger partial charge in [-0.1, -0.05) is 25.4 Å². The van der Waals surface area contributed by atoms with E-state index < -0.39 is 11.9 Å². The lowest BCUT2D eigenvalue weighted by atomic mass is 9.81. The van der Waals surface area contributed by atoms with Crippen LogP contribution in [0.1, 0.15) is 32.8 Å². The first kappa shape index (κ1) is 19.2. The van der Waals surface area contributed by atoms with Gasteiger partial charge in [0.05, 0.1) is 35.7 Å². The van der Waals surface area contributed by atoms with E-state index in [4.69, 9.17) is 16.3 Å². The van der Waals surface area contributed by atoms with Gasteiger partial charge in [0, 0.05) is 23.3 Å². The summed E-state index contributed by atoms with van der Waals surface area (Å²) in [5.41, 5.74) is 2.69. The number of aliphatic hydroxyl groups excluding tert-OH is 1. The number of halogens is 2. The molecule has 2 N–H and O–H groups in total. The Bertz CT molecular complexity index is 963. The Balaban J connectivity index is 1.71. The molecule has 8 heteroatoms. The summed E-state index contributed by atoms with van der Waals surface area (Å²) >= 11 is 6.33. The molecular weight excluding hydrogens is 383 g/mol. The van der Waals surface area contributed by atoms with Crippen LogP contribution in [0.3, 0.4) is 0 Å². The molecule has 2 atom stereocenters. The number of nitrogens with zero attached hydrogens (tertiary/aromatic N) is 3. The van der Waals surface area contributed by atoms with Gasteiger partial charge in [-0.3, -0.25) is 4.99 Å². The van der Waals surface area contributed by atoms with Crippen molar-refractivity contribution in [3.05, 3.63) is 34.7 Å². The molecule has 28 heavy (non-hydrogen) atoms. The topological polar surface area (TPSA) is 79.6 Å². The minimum absolute atomic E-state index is 0.213. The molecule has 0 spiro atoms. The number of rotatable bonds is 3. The fourth-order valence-electron chi connectivity index (χ4n) is 3.52. The van der Waals surface area contributed by atoms with Gasteiger partial charge in [-0.2, -0.15) is 0 Å². The maximum Gasteiger partial charge on any atom is 0.223 e. The van der Waals surface area contributed by atoms with Crippen molar-refractivity contribution in [3.8, 4) is 11.3 Å². The highest BCUT2D eigenvalue weighted by Gasteiger charge is 2.34. The smallest absolute Gasteiger partial charge is 0.223 e. The van der Waals surface area contributed by atoms with Gasteiger partial charge in [0.1, 0.15) is 11.5 Å². The number of nitrogens with one attached hydrogen (secondary N) is 1. The minimum atomic E-state index is -0.644. The van der Waals surface area contributed by atoms with Crippen molar-refractivity contribution >= 4 is 28.9 Å². The van der Waals surface area contributed by atoms with Gasteiger partial charge in [0.15, 0.2) is 0 Å². The van der Waals surface area contributed by atoms with E-state index in [0.29, 0.717) is 40.9 Å². The standard InChI is InChI=1S/C20H22ClFN4O2/c1-10-20(2,3)12-6-11(7-14(22)18(12)24-10)17-13(21)8-23-19(26-17)25-15-4-5-28-9-16(15)27/h6-8,15-16,27H,4-5,9H2,1-3H3,(H,23,25,26). The molecular formula is C20H22ClFN4O2. The minimum Gasteiger partial charge on any atom is -0.389 e. The van der Waals surface area contributed by atoms with Crippen LogP contribution in [-0.4, -0.2) is 46.1 Å². The Hall–Kier alpha value is -2.09. The highest BCUT2D eigenvalue weighted by Crippen LogP contribution is 2.44. The van der Waals surface area contributed by atoms with Crippen molar-refractivity contribution in [2.45, 2.75) is 44.8 Å². The third kappa shape index (κ3) is 3.27. The average Bonchev–Trinajstić information content (AvgIpc) is 2.89. The van der Waals surface area contributed by atoms with E-state index >= 15 is 0 Å². The van der Waals surface area contributed by atoms with Gasteiger partial charge >= 0.3 is 0 Å². The Labute approximate surface area is 167 Å². The molecule has 0 bridgehead atoms. The second-order valence-corrected chi connectivity index (χ2v) is 8.16. The summed E-state index contributed by atoms with van der Waals surface area (Å²) in [6, 6.07) is 3.08. The first-order chi connectivity index (χ1) is 13.3. The molecule has 0 saturated carbocycles. The lowest BCUT2D eigenvalue weighted by molar-refractivity contribution is -0.0136. The lowest BCUT2D eigenvalue weighted by Gasteiger charge is -2.28. The molecule has 1 aromatic heterocycles. The van der Waals surface area contributed by atoms with Crippen LogP contribution in [0, 0.1) is 5.82 Å². The molecule has 0 amide bonds. The molecule has 0 aliphatic carbocycles. The number of aliphatic imine (C=N–C) groups is 1. The van der Waals surface area contributed by atoms with Crippen LogP contribution >= 0.6 is 11.6 Å². The summed E-state index contributed by atoms with van der Waals surface area (Å²) in [7, 11) is 0. The SMILES string of the molecule is CC1=Nc2c(F)cc(-c3nc(NC4CCOCC4O)ncc3Cl)cc2C1(C)C. The quantitative estimate of drug-likeness (QED) is 0.811. The molecule has 3 heterocycles. The molecule has 2 aliphatic rings. The Morgan fingerprint density at radius 2 is 2.14 bits per heavy atom. The summed E-state index contributed by atoms with van der Waals surface area (Å²) in [6.07, 6.45) is 1.48. The maximum absolute atomic E-state index is 14.8. The summed E-state index contributed by atoms with van der Waals surface area (Å²) in [6.45, 7) is 6.75. The van der Waals surface area contributed by atoms with Crippen molar-refractivity contribution in [3.63, 3.8) is 0 Å². The Kier molecular flexibility index (Phi) is 4.85. The molecule has 6 nitrogen and oxygen atoms in total. The first-order valence-corrected chi connectivity index (χ1v) is 9.60. The number of benzene rings is 1. The molecule has 0 radical (unpaired) electrons. The molecule has 1 fully saturated rings. The molecule has 148 valence electrons. The van der Waals surface area contributed by atoms with Gasteiger partial charge < -0.3 is 15.2 Å². The molecule has 2 aromatic rings. The maximum atomic E-state index is 14.8. The van der Waals surface area contributed by atoms with Gasteiger partial charge in [-0.15, -0.1) is 0 Å². The molecule has 2 aliphatic heterocycles. The molecule has 2 unspecified atom stereocenters. The van der Waals surface area contributed by atoms with Crippen LogP contribution in [-0.2, 0) is 10.2 Å². The molecule has 4 rings (SSSR count). The largest absolute Gasteiger partial charge is 0.389 e. The third-order valence-corrected chi connectivity index (χ3v) is 5.86. The van der Waals surface area contributed by atoms with Gasteiger partial charge in [0.25, 0.3) is 0 Å². The van der Waals surface area contributed by atoms with Crippen molar-refractivity contribution < 1.29 is 14.2 Å². The third-order valence-electron chi connectivity index (χ3n) is 5.58. The van der Waals surface area contributed by atoms with Crippen molar-refractivity contribution in [1.29, 1.82) is 0 Å². The normalized spacial score (nSPS) is 23.3. The van der Waals surface area contributed by atoms with Crippen LogP contribution in [0.5, 0.6) is 0 Å². The van der Waals surface area contributed by atoms with E-state index in [0.717, 1.165) is 11.3 Å². The molecule has 1 saturated heterocycles.